The van der Waals surface area contributed by atoms with Crippen LogP contribution in [0.3, 0.4) is 0 Å². The maximum absolute atomic E-state index is 6.13. The molecule has 1 aliphatic carbocycles. The van der Waals surface area contributed by atoms with Gasteiger partial charge in [0, 0.05) is 11.1 Å². The van der Waals surface area contributed by atoms with Crippen molar-refractivity contribution in [2.45, 2.75) is 31.7 Å². The van der Waals surface area contributed by atoms with Gasteiger partial charge in [-0.05, 0) is 54.1 Å². The molecule has 0 saturated carbocycles. The van der Waals surface area contributed by atoms with E-state index >= 15 is 0 Å². The van der Waals surface area contributed by atoms with Crippen LogP contribution in [0.25, 0.3) is 0 Å². The highest BCUT2D eigenvalue weighted by Crippen LogP contribution is 2.40. The quantitative estimate of drug-likeness (QED) is 0.838. The summed E-state index contributed by atoms with van der Waals surface area (Å²) in [5, 5.41) is 4.42. The number of hydrogen-bond acceptors (Lipinski definition) is 1. The fourth-order valence-electron chi connectivity index (χ4n) is 3.16. The third-order valence-electron chi connectivity index (χ3n) is 4.18. The SMILES string of the molecule is CCNC(CC1Cc2ccccc21)c1cccc(Cl)c1. The Hall–Kier alpha value is -1.31. The first-order chi connectivity index (χ1) is 9.78. The van der Waals surface area contributed by atoms with Crippen LogP contribution in [-0.4, -0.2) is 6.54 Å². The van der Waals surface area contributed by atoms with E-state index in [1.54, 1.807) is 0 Å². The summed E-state index contributed by atoms with van der Waals surface area (Å²) in [6.07, 6.45) is 2.35. The fraction of sp³-hybridized carbons (Fsp3) is 0.333. The van der Waals surface area contributed by atoms with Gasteiger partial charge in [0.2, 0.25) is 0 Å². The van der Waals surface area contributed by atoms with Gasteiger partial charge in [0.05, 0.1) is 0 Å². The van der Waals surface area contributed by atoms with Crippen LogP contribution in [0.5, 0.6) is 0 Å². The molecule has 1 aliphatic rings. The fourth-order valence-corrected chi connectivity index (χ4v) is 3.36. The van der Waals surface area contributed by atoms with Crippen LogP contribution >= 0.6 is 11.6 Å². The van der Waals surface area contributed by atoms with Crippen molar-refractivity contribution in [3.63, 3.8) is 0 Å². The Morgan fingerprint density at radius 3 is 2.80 bits per heavy atom. The molecule has 104 valence electrons. The van der Waals surface area contributed by atoms with E-state index in [-0.39, 0.29) is 0 Å². The molecule has 3 rings (SSSR count). The Kier molecular flexibility index (Phi) is 4.09. The summed E-state index contributed by atoms with van der Waals surface area (Å²) in [6, 6.07) is 17.4. The first-order valence-electron chi connectivity index (χ1n) is 7.34. The maximum Gasteiger partial charge on any atom is 0.0409 e. The number of rotatable bonds is 5. The lowest BCUT2D eigenvalue weighted by Crippen LogP contribution is -2.27. The normalized spacial score (nSPS) is 18.2. The predicted molar refractivity (Wildman–Crippen MR) is 85.4 cm³/mol. The molecule has 0 fully saturated rings. The van der Waals surface area contributed by atoms with Gasteiger partial charge in [0.15, 0.2) is 0 Å². The summed E-state index contributed by atoms with van der Waals surface area (Å²) < 4.78 is 0. The second kappa shape index (κ2) is 5.99. The number of fused-ring (bicyclic) bond motifs is 1. The second-order valence-corrected chi connectivity index (χ2v) is 5.94. The van der Waals surface area contributed by atoms with Crippen molar-refractivity contribution in [3.8, 4) is 0 Å². The number of halogens is 1. The van der Waals surface area contributed by atoms with Gasteiger partial charge < -0.3 is 5.32 Å². The zero-order valence-corrected chi connectivity index (χ0v) is 12.5. The van der Waals surface area contributed by atoms with Gasteiger partial charge in [-0.1, -0.05) is 54.9 Å². The lowest BCUT2D eigenvalue weighted by Gasteiger charge is -2.33. The predicted octanol–water partition coefficient (Wildman–Crippen LogP) is 4.72. The summed E-state index contributed by atoms with van der Waals surface area (Å²) in [6.45, 7) is 3.14. The van der Waals surface area contributed by atoms with E-state index in [2.05, 4.69) is 48.6 Å². The molecular weight excluding hydrogens is 266 g/mol. The standard InChI is InChI=1S/C18H20ClN/c1-2-20-18(14-7-5-8-16(19)11-14)12-15-10-13-6-3-4-9-17(13)15/h3-9,11,15,18,20H,2,10,12H2,1H3. The van der Waals surface area contributed by atoms with Crippen LogP contribution in [-0.2, 0) is 6.42 Å². The third kappa shape index (κ3) is 2.74. The molecule has 2 atom stereocenters. The molecule has 2 aromatic carbocycles. The summed E-state index contributed by atoms with van der Waals surface area (Å²) in [4.78, 5) is 0. The topological polar surface area (TPSA) is 12.0 Å². The number of benzene rings is 2. The smallest absolute Gasteiger partial charge is 0.0409 e. The summed E-state index contributed by atoms with van der Waals surface area (Å²) in [5.41, 5.74) is 4.33. The Bertz CT molecular complexity index is 593. The maximum atomic E-state index is 6.13. The van der Waals surface area contributed by atoms with E-state index in [0.717, 1.165) is 18.0 Å². The van der Waals surface area contributed by atoms with E-state index in [9.17, 15) is 0 Å². The van der Waals surface area contributed by atoms with E-state index in [0.29, 0.717) is 12.0 Å². The van der Waals surface area contributed by atoms with Gasteiger partial charge >= 0.3 is 0 Å². The van der Waals surface area contributed by atoms with Crippen molar-refractivity contribution in [2.24, 2.45) is 0 Å². The average molecular weight is 286 g/mol. The lowest BCUT2D eigenvalue weighted by molar-refractivity contribution is 0.436. The molecule has 0 saturated heterocycles. The lowest BCUT2D eigenvalue weighted by atomic mass is 9.74. The minimum absolute atomic E-state index is 0.386. The Balaban J connectivity index is 1.76. The molecule has 1 nitrogen and oxygen atoms in total. The van der Waals surface area contributed by atoms with Crippen molar-refractivity contribution in [2.75, 3.05) is 6.54 Å². The van der Waals surface area contributed by atoms with Crippen LogP contribution in [0.4, 0.5) is 0 Å². The largest absolute Gasteiger partial charge is 0.310 e. The monoisotopic (exact) mass is 285 g/mol. The number of nitrogens with one attached hydrogen (secondary N) is 1. The molecule has 0 aliphatic heterocycles. The first kappa shape index (κ1) is 13.7. The van der Waals surface area contributed by atoms with Gasteiger partial charge in [-0.3, -0.25) is 0 Å². The van der Waals surface area contributed by atoms with Crippen molar-refractivity contribution < 1.29 is 0 Å². The van der Waals surface area contributed by atoms with Crippen LogP contribution in [0, 0.1) is 0 Å². The van der Waals surface area contributed by atoms with E-state index in [1.165, 1.54) is 23.1 Å². The van der Waals surface area contributed by atoms with Crippen molar-refractivity contribution in [1.29, 1.82) is 0 Å². The van der Waals surface area contributed by atoms with Crippen LogP contribution in [0.1, 0.15) is 42.0 Å². The molecule has 2 aromatic rings. The Morgan fingerprint density at radius 2 is 2.05 bits per heavy atom. The van der Waals surface area contributed by atoms with Crippen LogP contribution < -0.4 is 5.32 Å². The summed E-state index contributed by atoms with van der Waals surface area (Å²) in [7, 11) is 0. The second-order valence-electron chi connectivity index (χ2n) is 5.50. The molecular formula is C18H20ClN. The van der Waals surface area contributed by atoms with Gasteiger partial charge in [-0.25, -0.2) is 0 Å². The molecule has 0 bridgehead atoms. The van der Waals surface area contributed by atoms with E-state index in [1.807, 2.05) is 12.1 Å². The molecule has 0 aromatic heterocycles. The highest BCUT2D eigenvalue weighted by Gasteiger charge is 2.28. The van der Waals surface area contributed by atoms with Crippen LogP contribution in [0.2, 0.25) is 5.02 Å². The Labute approximate surface area is 126 Å². The highest BCUT2D eigenvalue weighted by atomic mass is 35.5. The minimum atomic E-state index is 0.386. The first-order valence-corrected chi connectivity index (χ1v) is 7.72. The third-order valence-corrected chi connectivity index (χ3v) is 4.42. The average Bonchev–Trinajstić information content (AvgIpc) is 2.43. The molecule has 20 heavy (non-hydrogen) atoms. The van der Waals surface area contributed by atoms with E-state index in [4.69, 9.17) is 11.6 Å². The molecule has 0 amide bonds. The molecule has 0 radical (unpaired) electrons. The van der Waals surface area contributed by atoms with Gasteiger partial charge in [0.1, 0.15) is 0 Å². The van der Waals surface area contributed by atoms with Gasteiger partial charge in [0.25, 0.3) is 0 Å². The van der Waals surface area contributed by atoms with Crippen molar-refractivity contribution in [3.05, 3.63) is 70.2 Å². The molecule has 2 heteroatoms. The minimum Gasteiger partial charge on any atom is -0.310 e. The highest BCUT2D eigenvalue weighted by molar-refractivity contribution is 6.30. The molecule has 0 spiro atoms. The zero-order valence-electron chi connectivity index (χ0n) is 11.8. The Morgan fingerprint density at radius 1 is 1.20 bits per heavy atom. The van der Waals surface area contributed by atoms with Crippen molar-refractivity contribution in [1.82, 2.24) is 5.32 Å². The molecule has 2 unspecified atom stereocenters. The van der Waals surface area contributed by atoms with E-state index < -0.39 is 0 Å². The van der Waals surface area contributed by atoms with Crippen LogP contribution in [0.15, 0.2) is 48.5 Å². The summed E-state index contributed by atoms with van der Waals surface area (Å²) >= 11 is 6.13. The van der Waals surface area contributed by atoms with Crippen molar-refractivity contribution >= 4 is 11.6 Å². The molecule has 1 N–H and O–H groups in total. The van der Waals surface area contributed by atoms with Gasteiger partial charge in [-0.15, -0.1) is 0 Å². The molecule has 0 heterocycles. The van der Waals surface area contributed by atoms with Gasteiger partial charge in [-0.2, -0.15) is 0 Å². The zero-order chi connectivity index (χ0) is 13.9. The summed E-state index contributed by atoms with van der Waals surface area (Å²) in [5.74, 6) is 0.675. The number of hydrogen-bond donors (Lipinski definition) is 1.